The van der Waals surface area contributed by atoms with Gasteiger partial charge in [-0.15, -0.1) is 0 Å². The Hall–Kier alpha value is -2.46. The Morgan fingerprint density at radius 2 is 1.79 bits per heavy atom. The molecular formula is C18H25N5O4S. The minimum Gasteiger partial charge on any atom is -0.333 e. The van der Waals surface area contributed by atoms with Crippen LogP contribution in [0.15, 0.2) is 29.3 Å². The first-order valence-corrected chi connectivity index (χ1v) is 11.2. The third kappa shape index (κ3) is 5.08. The first-order chi connectivity index (χ1) is 13.2. The van der Waals surface area contributed by atoms with E-state index in [4.69, 9.17) is 0 Å². The van der Waals surface area contributed by atoms with Crippen molar-refractivity contribution >= 4 is 33.2 Å². The SMILES string of the molecule is Cc1ccc(N2NC(C(=O)N3CCN(CCS(C)(=O)=O)CC3)=NCC2=O)cc1. The number of piperazine rings is 1. The number of carbonyl (C=O) groups is 2. The molecule has 0 bridgehead atoms. The molecule has 0 saturated carbocycles. The summed E-state index contributed by atoms with van der Waals surface area (Å²) in [7, 11) is -3.00. The molecule has 1 saturated heterocycles. The smallest absolute Gasteiger partial charge is 0.290 e. The Bertz CT molecular complexity index is 874. The maximum absolute atomic E-state index is 12.8. The van der Waals surface area contributed by atoms with Crippen LogP contribution in [0, 0.1) is 6.92 Å². The third-order valence-corrected chi connectivity index (χ3v) is 5.70. The van der Waals surface area contributed by atoms with E-state index in [-0.39, 0.29) is 29.9 Å². The average Bonchev–Trinajstić information content (AvgIpc) is 2.67. The van der Waals surface area contributed by atoms with Crippen molar-refractivity contribution in [3.05, 3.63) is 29.8 Å². The van der Waals surface area contributed by atoms with Crippen LogP contribution in [0.25, 0.3) is 0 Å². The van der Waals surface area contributed by atoms with Gasteiger partial charge in [-0.2, -0.15) is 0 Å². The Morgan fingerprint density at radius 1 is 1.14 bits per heavy atom. The molecule has 2 heterocycles. The van der Waals surface area contributed by atoms with Crippen molar-refractivity contribution in [2.75, 3.05) is 56.3 Å². The molecule has 2 amide bonds. The molecule has 0 unspecified atom stereocenters. The van der Waals surface area contributed by atoms with E-state index < -0.39 is 9.84 Å². The number of amides is 2. The Labute approximate surface area is 164 Å². The summed E-state index contributed by atoms with van der Waals surface area (Å²) in [4.78, 5) is 32.8. The summed E-state index contributed by atoms with van der Waals surface area (Å²) >= 11 is 0. The first-order valence-electron chi connectivity index (χ1n) is 9.13. The summed E-state index contributed by atoms with van der Waals surface area (Å²) in [6, 6.07) is 7.42. The highest BCUT2D eigenvalue weighted by Crippen LogP contribution is 2.15. The van der Waals surface area contributed by atoms with Crippen LogP contribution in [0.2, 0.25) is 0 Å². The first kappa shape index (κ1) is 20.3. The molecule has 0 spiro atoms. The van der Waals surface area contributed by atoms with E-state index in [0.29, 0.717) is 38.4 Å². The van der Waals surface area contributed by atoms with E-state index in [9.17, 15) is 18.0 Å². The van der Waals surface area contributed by atoms with Crippen LogP contribution in [0.4, 0.5) is 5.69 Å². The van der Waals surface area contributed by atoms with Gasteiger partial charge >= 0.3 is 0 Å². The lowest BCUT2D eigenvalue weighted by Gasteiger charge is -2.36. The zero-order chi connectivity index (χ0) is 20.3. The topological polar surface area (TPSA) is 102 Å². The minimum absolute atomic E-state index is 0.0870. The fourth-order valence-corrected chi connectivity index (χ4v) is 3.65. The summed E-state index contributed by atoms with van der Waals surface area (Å²) < 4.78 is 22.6. The van der Waals surface area contributed by atoms with Gasteiger partial charge in [-0.25, -0.2) is 13.4 Å². The summed E-state index contributed by atoms with van der Waals surface area (Å²) in [5, 5.41) is 1.35. The lowest BCUT2D eigenvalue weighted by Crippen LogP contribution is -2.59. The number of aliphatic imine (C=N–C) groups is 1. The van der Waals surface area contributed by atoms with Crippen molar-refractivity contribution in [3.63, 3.8) is 0 Å². The number of nitrogens with zero attached hydrogens (tertiary/aromatic N) is 4. The van der Waals surface area contributed by atoms with E-state index in [2.05, 4.69) is 10.4 Å². The number of rotatable bonds is 5. The quantitative estimate of drug-likeness (QED) is 0.702. The number of aryl methyl sites for hydroxylation is 1. The van der Waals surface area contributed by atoms with Gasteiger partial charge in [-0.05, 0) is 19.1 Å². The molecule has 1 aromatic carbocycles. The van der Waals surface area contributed by atoms with E-state index in [1.165, 1.54) is 11.3 Å². The molecule has 3 rings (SSSR count). The zero-order valence-corrected chi connectivity index (χ0v) is 16.9. The predicted octanol–water partition coefficient (Wildman–Crippen LogP) is -0.566. The van der Waals surface area contributed by atoms with Gasteiger partial charge in [0.05, 0.1) is 11.4 Å². The van der Waals surface area contributed by atoms with Crippen molar-refractivity contribution < 1.29 is 18.0 Å². The number of anilines is 1. The average molecular weight is 407 g/mol. The molecule has 28 heavy (non-hydrogen) atoms. The third-order valence-electron chi connectivity index (χ3n) is 4.77. The van der Waals surface area contributed by atoms with Crippen LogP contribution in [0.5, 0.6) is 0 Å². The van der Waals surface area contributed by atoms with Gasteiger partial charge in [-0.3, -0.25) is 24.9 Å². The second-order valence-corrected chi connectivity index (χ2v) is 9.36. The normalized spacial score (nSPS) is 18.6. The monoisotopic (exact) mass is 407 g/mol. The second-order valence-electron chi connectivity index (χ2n) is 7.11. The number of amidine groups is 1. The van der Waals surface area contributed by atoms with E-state index in [0.717, 1.165) is 5.56 Å². The molecule has 0 aromatic heterocycles. The van der Waals surface area contributed by atoms with E-state index >= 15 is 0 Å². The summed E-state index contributed by atoms with van der Waals surface area (Å²) in [6.07, 6.45) is 1.22. The van der Waals surface area contributed by atoms with Crippen molar-refractivity contribution in [1.82, 2.24) is 15.2 Å². The lowest BCUT2D eigenvalue weighted by molar-refractivity contribution is -0.126. The predicted molar refractivity (Wildman–Crippen MR) is 107 cm³/mol. The molecular weight excluding hydrogens is 382 g/mol. The summed E-state index contributed by atoms with van der Waals surface area (Å²) in [5.74, 6) is -0.230. The zero-order valence-electron chi connectivity index (χ0n) is 16.1. The molecule has 0 atom stereocenters. The summed E-state index contributed by atoms with van der Waals surface area (Å²) in [5.41, 5.74) is 4.57. The van der Waals surface area contributed by atoms with Crippen molar-refractivity contribution in [2.45, 2.75) is 6.92 Å². The van der Waals surface area contributed by atoms with Crippen LogP contribution in [-0.4, -0.2) is 87.1 Å². The van der Waals surface area contributed by atoms with Gasteiger partial charge in [-0.1, -0.05) is 17.7 Å². The molecule has 2 aliphatic heterocycles. The van der Waals surface area contributed by atoms with Crippen molar-refractivity contribution in [1.29, 1.82) is 0 Å². The maximum Gasteiger partial charge on any atom is 0.290 e. The molecule has 0 radical (unpaired) electrons. The second kappa shape index (κ2) is 8.27. The Morgan fingerprint density at radius 3 is 2.39 bits per heavy atom. The number of nitrogens with one attached hydrogen (secondary N) is 1. The van der Waals surface area contributed by atoms with Gasteiger partial charge in [0.15, 0.2) is 0 Å². The highest BCUT2D eigenvalue weighted by Gasteiger charge is 2.30. The van der Waals surface area contributed by atoms with Crippen LogP contribution < -0.4 is 10.4 Å². The number of benzene rings is 1. The Balaban J connectivity index is 1.59. The van der Waals surface area contributed by atoms with Gasteiger partial charge in [0.2, 0.25) is 5.84 Å². The largest absolute Gasteiger partial charge is 0.333 e. The molecule has 1 fully saturated rings. The number of hydrogen-bond acceptors (Lipinski definition) is 7. The standard InChI is InChI=1S/C18H25N5O4S/c1-14-3-5-15(6-4-14)23-16(24)13-19-17(20-23)18(25)22-9-7-21(8-10-22)11-12-28(2,26)27/h3-6H,7-13H2,1-2H3,(H,19,20). The fraction of sp³-hybridized carbons (Fsp3) is 0.500. The van der Waals surface area contributed by atoms with Crippen LogP contribution in [-0.2, 0) is 19.4 Å². The number of carbonyl (C=O) groups excluding carboxylic acids is 2. The van der Waals surface area contributed by atoms with Crippen LogP contribution in [0.1, 0.15) is 5.56 Å². The van der Waals surface area contributed by atoms with Crippen molar-refractivity contribution in [2.24, 2.45) is 4.99 Å². The van der Waals surface area contributed by atoms with Crippen LogP contribution in [0.3, 0.4) is 0 Å². The molecule has 2 aliphatic rings. The molecule has 152 valence electrons. The number of sulfone groups is 1. The molecule has 0 aliphatic carbocycles. The van der Waals surface area contributed by atoms with Gasteiger partial charge in [0.25, 0.3) is 11.8 Å². The molecule has 10 heteroatoms. The molecule has 1 N–H and O–H groups in total. The van der Waals surface area contributed by atoms with Crippen molar-refractivity contribution in [3.8, 4) is 0 Å². The Kier molecular flexibility index (Phi) is 5.99. The summed E-state index contributed by atoms with van der Waals surface area (Å²) in [6.45, 7) is 4.53. The van der Waals surface area contributed by atoms with Gasteiger partial charge in [0, 0.05) is 39.0 Å². The highest BCUT2D eigenvalue weighted by atomic mass is 32.2. The minimum atomic E-state index is -3.00. The molecule has 1 aromatic rings. The number of hydrogen-bond donors (Lipinski definition) is 1. The maximum atomic E-state index is 12.8. The molecule has 9 nitrogen and oxygen atoms in total. The van der Waals surface area contributed by atoms with E-state index in [1.54, 1.807) is 4.90 Å². The van der Waals surface area contributed by atoms with E-state index in [1.807, 2.05) is 36.1 Å². The highest BCUT2D eigenvalue weighted by molar-refractivity contribution is 7.90. The van der Waals surface area contributed by atoms with Gasteiger partial charge in [0.1, 0.15) is 16.4 Å². The van der Waals surface area contributed by atoms with Crippen LogP contribution >= 0.6 is 0 Å². The lowest BCUT2D eigenvalue weighted by atomic mass is 10.2. The van der Waals surface area contributed by atoms with Gasteiger partial charge < -0.3 is 4.90 Å². The fourth-order valence-electron chi connectivity index (χ4n) is 3.06. The number of hydrazine groups is 1.